The van der Waals surface area contributed by atoms with Gasteiger partial charge in [0.1, 0.15) is 19.3 Å². The molecule has 438 valence electrons. The highest BCUT2D eigenvalue weighted by atomic mass is 31.2. The Morgan fingerprint density at radius 3 is 0.797 bits per heavy atom. The van der Waals surface area contributed by atoms with E-state index < -0.39 is 97.5 Å². The van der Waals surface area contributed by atoms with Crippen LogP contribution >= 0.6 is 15.6 Å². The van der Waals surface area contributed by atoms with Crippen molar-refractivity contribution in [3.8, 4) is 0 Å². The van der Waals surface area contributed by atoms with E-state index in [4.69, 9.17) is 37.0 Å². The second-order valence-corrected chi connectivity index (χ2v) is 22.9. The van der Waals surface area contributed by atoms with E-state index in [2.05, 4.69) is 27.7 Å². The number of phosphoric acid groups is 2. The van der Waals surface area contributed by atoms with Crippen LogP contribution in [0.25, 0.3) is 0 Å². The number of rotatable bonds is 56. The first-order chi connectivity index (χ1) is 35.7. The van der Waals surface area contributed by atoms with E-state index >= 15 is 0 Å². The molecule has 0 aliphatic rings. The largest absolute Gasteiger partial charge is 0.472 e. The zero-order chi connectivity index (χ0) is 54.8. The average Bonchev–Trinajstić information content (AvgIpc) is 3.37. The lowest BCUT2D eigenvalue weighted by molar-refractivity contribution is -0.161. The van der Waals surface area contributed by atoms with Gasteiger partial charge in [0.25, 0.3) is 0 Å². The first-order valence-corrected chi connectivity index (χ1v) is 32.3. The van der Waals surface area contributed by atoms with Crippen molar-refractivity contribution < 1.29 is 80.2 Å². The number of carbonyl (C=O) groups excluding carboxylic acids is 4. The molecule has 0 aromatic carbocycles. The Balaban J connectivity index is 5.17. The van der Waals surface area contributed by atoms with Gasteiger partial charge in [0, 0.05) is 25.7 Å². The van der Waals surface area contributed by atoms with Gasteiger partial charge in [0.05, 0.1) is 26.4 Å². The van der Waals surface area contributed by atoms with Gasteiger partial charge in [-0.25, -0.2) is 9.13 Å². The minimum atomic E-state index is -4.93. The van der Waals surface area contributed by atoms with Crippen LogP contribution in [-0.2, 0) is 65.4 Å². The first-order valence-electron chi connectivity index (χ1n) is 29.3. The summed E-state index contributed by atoms with van der Waals surface area (Å²) in [5.74, 6) is -2.16. The molecular formula is C55H106O17P2. The molecule has 19 heteroatoms. The molecule has 0 aliphatic heterocycles. The van der Waals surface area contributed by atoms with Gasteiger partial charge in [-0.15, -0.1) is 0 Å². The van der Waals surface area contributed by atoms with E-state index in [0.717, 1.165) is 109 Å². The molecule has 2 unspecified atom stereocenters. The molecular weight excluding hydrogens is 995 g/mol. The fourth-order valence-corrected chi connectivity index (χ4v) is 9.62. The van der Waals surface area contributed by atoms with Crippen LogP contribution < -0.4 is 0 Å². The van der Waals surface area contributed by atoms with Gasteiger partial charge in [-0.2, -0.15) is 0 Å². The maximum Gasteiger partial charge on any atom is 0.472 e. The van der Waals surface area contributed by atoms with Crippen LogP contribution in [0, 0.1) is 0 Å². The van der Waals surface area contributed by atoms with Gasteiger partial charge in [-0.05, 0) is 25.7 Å². The number of hydrogen-bond acceptors (Lipinski definition) is 15. The number of unbranched alkanes of at least 4 members (excludes halogenated alkanes) is 30. The minimum Gasteiger partial charge on any atom is -0.462 e. The fourth-order valence-electron chi connectivity index (χ4n) is 8.04. The Morgan fingerprint density at radius 1 is 0.324 bits per heavy atom. The molecule has 0 amide bonds. The molecule has 17 nitrogen and oxygen atoms in total. The predicted octanol–water partition coefficient (Wildman–Crippen LogP) is 14.4. The van der Waals surface area contributed by atoms with Crippen LogP contribution in [0.1, 0.15) is 272 Å². The van der Waals surface area contributed by atoms with Gasteiger partial charge in [0.2, 0.25) is 0 Å². The molecule has 5 atom stereocenters. The average molecular weight is 1100 g/mol. The molecule has 0 spiro atoms. The van der Waals surface area contributed by atoms with Crippen LogP contribution in [0.15, 0.2) is 0 Å². The summed E-state index contributed by atoms with van der Waals surface area (Å²) >= 11 is 0. The van der Waals surface area contributed by atoms with E-state index in [1.54, 1.807) is 0 Å². The molecule has 0 saturated heterocycles. The summed E-state index contributed by atoms with van der Waals surface area (Å²) in [5, 5.41) is 10.4. The summed E-state index contributed by atoms with van der Waals surface area (Å²) in [5.41, 5.74) is 0. The zero-order valence-electron chi connectivity index (χ0n) is 46.8. The Kier molecular flexibility index (Phi) is 49.2. The van der Waals surface area contributed by atoms with E-state index in [1.165, 1.54) is 83.5 Å². The molecule has 0 heterocycles. The third kappa shape index (κ3) is 49.6. The first kappa shape index (κ1) is 72.1. The number of esters is 4. The lowest BCUT2D eigenvalue weighted by Gasteiger charge is -2.21. The van der Waals surface area contributed by atoms with Crippen molar-refractivity contribution in [1.29, 1.82) is 0 Å². The van der Waals surface area contributed by atoms with Crippen molar-refractivity contribution in [2.24, 2.45) is 0 Å². The summed E-state index contributed by atoms with van der Waals surface area (Å²) in [6, 6.07) is 0. The molecule has 74 heavy (non-hydrogen) atoms. The monoisotopic (exact) mass is 1100 g/mol. The highest BCUT2D eigenvalue weighted by Gasteiger charge is 2.30. The second kappa shape index (κ2) is 50.6. The van der Waals surface area contributed by atoms with E-state index in [1.807, 2.05) is 0 Å². The molecule has 0 aromatic heterocycles. The molecule has 0 saturated carbocycles. The van der Waals surface area contributed by atoms with Crippen molar-refractivity contribution in [3.63, 3.8) is 0 Å². The van der Waals surface area contributed by atoms with Crippen LogP contribution in [0.4, 0.5) is 0 Å². The number of aliphatic hydroxyl groups excluding tert-OH is 1. The fraction of sp³-hybridized carbons (Fsp3) is 0.927. The SMILES string of the molecule is CCCCCCCCCCCCCCC(=O)O[C@H](COC(=O)CCCCCCCCCCCC)COP(=O)(O)OC[C@@H](O)COP(=O)(O)OC[C@@H](COC(=O)CCCCCCC)OC(=O)CCCCCCCCC. The topological polar surface area (TPSA) is 237 Å². The molecule has 0 rings (SSSR count). The molecule has 0 radical (unpaired) electrons. The predicted molar refractivity (Wildman–Crippen MR) is 289 cm³/mol. The van der Waals surface area contributed by atoms with Crippen molar-refractivity contribution in [1.82, 2.24) is 0 Å². The van der Waals surface area contributed by atoms with Gasteiger partial charge in [0.15, 0.2) is 12.2 Å². The summed E-state index contributed by atoms with van der Waals surface area (Å²) in [6.07, 6.45) is 32.5. The molecule has 0 fully saturated rings. The summed E-state index contributed by atoms with van der Waals surface area (Å²) in [7, 11) is -9.85. The van der Waals surface area contributed by atoms with Crippen LogP contribution in [0.3, 0.4) is 0 Å². The van der Waals surface area contributed by atoms with Crippen molar-refractivity contribution in [3.05, 3.63) is 0 Å². The molecule has 0 aromatic rings. The maximum absolute atomic E-state index is 12.9. The number of aliphatic hydroxyl groups is 1. The third-order valence-corrected chi connectivity index (χ3v) is 14.5. The van der Waals surface area contributed by atoms with Crippen molar-refractivity contribution in [2.45, 2.75) is 290 Å². The maximum atomic E-state index is 12.9. The summed E-state index contributed by atoms with van der Waals surface area (Å²) < 4.78 is 67.3. The highest BCUT2D eigenvalue weighted by molar-refractivity contribution is 7.47. The Labute approximate surface area is 447 Å². The van der Waals surface area contributed by atoms with Crippen molar-refractivity contribution in [2.75, 3.05) is 39.6 Å². The van der Waals surface area contributed by atoms with Gasteiger partial charge in [-0.3, -0.25) is 37.3 Å². The van der Waals surface area contributed by atoms with Crippen molar-refractivity contribution >= 4 is 39.5 Å². The summed E-state index contributed by atoms with van der Waals surface area (Å²) in [6.45, 7) is 4.69. The van der Waals surface area contributed by atoms with Crippen LogP contribution in [0.2, 0.25) is 0 Å². The Morgan fingerprint density at radius 2 is 0.541 bits per heavy atom. The smallest absolute Gasteiger partial charge is 0.462 e. The third-order valence-electron chi connectivity index (χ3n) is 12.6. The number of phosphoric ester groups is 2. The Bertz CT molecular complexity index is 1450. The second-order valence-electron chi connectivity index (χ2n) is 20.0. The minimum absolute atomic E-state index is 0.103. The van der Waals surface area contributed by atoms with Gasteiger partial charge < -0.3 is 33.8 Å². The lowest BCUT2D eigenvalue weighted by atomic mass is 10.0. The van der Waals surface area contributed by atoms with Gasteiger partial charge in [-0.1, -0.05) is 220 Å². The van der Waals surface area contributed by atoms with Crippen LogP contribution in [-0.4, -0.2) is 96.7 Å². The normalized spacial score (nSPS) is 14.4. The number of hydrogen-bond donors (Lipinski definition) is 3. The van der Waals surface area contributed by atoms with E-state index in [0.29, 0.717) is 25.7 Å². The Hall–Kier alpha value is -1.94. The van der Waals surface area contributed by atoms with Crippen LogP contribution in [0.5, 0.6) is 0 Å². The molecule has 3 N–H and O–H groups in total. The standard InChI is InChI=1S/C55H106O17P2/c1-5-9-13-17-20-22-24-25-27-30-34-38-42-55(60)72-51(46-66-53(58)40-36-32-29-26-23-21-18-14-10-6-2)48-70-74(63,64)68-44-49(56)43-67-73(61,62)69-47-50(45-65-52(57)39-35-31-16-12-8-4)71-54(59)41-37-33-28-19-15-11-7-3/h49-51,56H,5-48H2,1-4H3,(H,61,62)(H,63,64)/t49-,50+,51+/m0/s1. The van der Waals surface area contributed by atoms with E-state index in [9.17, 15) is 43.2 Å². The summed E-state index contributed by atoms with van der Waals surface area (Å²) in [4.78, 5) is 71.4. The molecule has 0 bridgehead atoms. The molecule has 0 aliphatic carbocycles. The number of carbonyl (C=O) groups is 4. The van der Waals surface area contributed by atoms with E-state index in [-0.39, 0.29) is 25.7 Å². The zero-order valence-corrected chi connectivity index (χ0v) is 48.6. The lowest BCUT2D eigenvalue weighted by Crippen LogP contribution is -2.30. The number of ether oxygens (including phenoxy) is 4. The highest BCUT2D eigenvalue weighted by Crippen LogP contribution is 2.45. The quantitative estimate of drug-likeness (QED) is 0.0222. The van der Waals surface area contributed by atoms with Gasteiger partial charge >= 0.3 is 39.5 Å².